The first-order chi connectivity index (χ1) is 8.94. The van der Waals surface area contributed by atoms with Gasteiger partial charge in [-0.2, -0.15) is 0 Å². The van der Waals surface area contributed by atoms with Crippen molar-refractivity contribution in [3.8, 4) is 0 Å². The van der Waals surface area contributed by atoms with E-state index >= 15 is 0 Å². The highest BCUT2D eigenvalue weighted by atomic mass is 32.2. The van der Waals surface area contributed by atoms with Gasteiger partial charge >= 0.3 is 0 Å². The van der Waals surface area contributed by atoms with Gasteiger partial charge in [-0.1, -0.05) is 12.8 Å². The molecule has 0 spiro atoms. The van der Waals surface area contributed by atoms with E-state index in [1.165, 1.54) is 6.20 Å². The van der Waals surface area contributed by atoms with Gasteiger partial charge in [0.25, 0.3) is 10.0 Å². The van der Waals surface area contributed by atoms with E-state index in [1.54, 1.807) is 11.5 Å². The lowest BCUT2D eigenvalue weighted by molar-refractivity contribution is 0.101. The minimum atomic E-state index is -3.65. The number of aliphatic hydroxyl groups excluding tert-OH is 1. The molecule has 1 aromatic heterocycles. The summed E-state index contributed by atoms with van der Waals surface area (Å²) < 4.78 is 28.8. The van der Waals surface area contributed by atoms with Crippen LogP contribution in [0.25, 0.3) is 0 Å². The summed E-state index contributed by atoms with van der Waals surface area (Å²) in [6.45, 7) is 4.39. The first-order valence-corrected chi connectivity index (χ1v) is 8.16. The fourth-order valence-corrected chi connectivity index (χ4v) is 3.75. The lowest BCUT2D eigenvalue weighted by Crippen LogP contribution is -2.45. The maximum Gasteiger partial charge on any atom is 0.259 e. The summed E-state index contributed by atoms with van der Waals surface area (Å²) in [6.07, 6.45) is 4.14. The zero-order valence-corrected chi connectivity index (χ0v) is 12.2. The van der Waals surface area contributed by atoms with Gasteiger partial charge in [0.15, 0.2) is 5.03 Å². The van der Waals surface area contributed by atoms with Crippen LogP contribution in [-0.2, 0) is 16.6 Å². The first kappa shape index (κ1) is 14.5. The molecule has 0 radical (unpaired) electrons. The number of sulfonamides is 1. The van der Waals surface area contributed by atoms with Gasteiger partial charge in [0.2, 0.25) is 0 Å². The van der Waals surface area contributed by atoms with E-state index in [9.17, 15) is 13.5 Å². The van der Waals surface area contributed by atoms with Gasteiger partial charge < -0.3 is 9.67 Å². The molecule has 1 aliphatic rings. The van der Waals surface area contributed by atoms with Crippen LogP contribution in [0.4, 0.5) is 0 Å². The van der Waals surface area contributed by atoms with Gasteiger partial charge in [0, 0.05) is 18.8 Å². The van der Waals surface area contributed by atoms with Crippen molar-refractivity contribution >= 4 is 10.0 Å². The number of nitrogens with zero attached hydrogens (tertiary/aromatic N) is 2. The highest BCUT2D eigenvalue weighted by Crippen LogP contribution is 2.20. The lowest BCUT2D eigenvalue weighted by Gasteiger charge is -2.27. The van der Waals surface area contributed by atoms with Crippen molar-refractivity contribution in [2.24, 2.45) is 0 Å². The maximum atomic E-state index is 12.2. The molecule has 0 aromatic carbocycles. The van der Waals surface area contributed by atoms with Gasteiger partial charge in [-0.05, 0) is 26.7 Å². The molecule has 2 rings (SSSR count). The van der Waals surface area contributed by atoms with Crippen molar-refractivity contribution in [2.45, 2.75) is 63.2 Å². The summed E-state index contributed by atoms with van der Waals surface area (Å²) in [6, 6.07) is -0.397. The lowest BCUT2D eigenvalue weighted by atomic mass is 9.93. The second-order valence-electron chi connectivity index (χ2n) is 4.99. The molecule has 2 unspecified atom stereocenters. The fraction of sp³-hybridized carbons (Fsp3) is 0.750. The summed E-state index contributed by atoms with van der Waals surface area (Å²) in [5, 5.41) is 9.86. The SMILES string of the molecule is CCn1cc(S(=O)(=O)NC2CCCCC2O)nc1C. The Kier molecular flexibility index (Phi) is 4.27. The van der Waals surface area contributed by atoms with Crippen molar-refractivity contribution < 1.29 is 13.5 Å². The molecule has 6 nitrogen and oxygen atoms in total. The highest BCUT2D eigenvalue weighted by molar-refractivity contribution is 7.89. The molecule has 1 fully saturated rings. The van der Waals surface area contributed by atoms with Crippen molar-refractivity contribution in [2.75, 3.05) is 0 Å². The van der Waals surface area contributed by atoms with E-state index in [1.807, 2.05) is 6.92 Å². The molecule has 2 atom stereocenters. The normalized spacial score (nSPS) is 24.6. The number of aryl methyl sites for hydroxylation is 2. The van der Waals surface area contributed by atoms with E-state index in [0.717, 1.165) is 12.8 Å². The smallest absolute Gasteiger partial charge is 0.259 e. The van der Waals surface area contributed by atoms with Crippen LogP contribution >= 0.6 is 0 Å². The molecular weight excluding hydrogens is 266 g/mol. The van der Waals surface area contributed by atoms with Gasteiger partial charge in [0.1, 0.15) is 5.82 Å². The summed E-state index contributed by atoms with van der Waals surface area (Å²) >= 11 is 0. The Balaban J connectivity index is 2.17. The number of aliphatic hydroxyl groups is 1. The number of nitrogens with one attached hydrogen (secondary N) is 1. The zero-order valence-electron chi connectivity index (χ0n) is 11.3. The predicted octanol–water partition coefficient (Wildman–Crippen LogP) is 0.793. The third kappa shape index (κ3) is 3.16. The standard InChI is InChI=1S/C12H21N3O3S/c1-3-15-8-12(13-9(15)2)19(17,18)14-10-6-4-5-7-11(10)16/h8,10-11,14,16H,3-7H2,1-2H3. The van der Waals surface area contributed by atoms with Crippen LogP contribution < -0.4 is 4.72 Å². The minimum Gasteiger partial charge on any atom is -0.391 e. The van der Waals surface area contributed by atoms with Crippen LogP contribution in [-0.4, -0.2) is 35.2 Å². The molecule has 0 amide bonds. The summed E-state index contributed by atoms with van der Waals surface area (Å²) in [7, 11) is -3.65. The van der Waals surface area contributed by atoms with Crippen LogP contribution in [0, 0.1) is 6.92 Å². The van der Waals surface area contributed by atoms with Crippen LogP contribution in [0.1, 0.15) is 38.4 Å². The monoisotopic (exact) mass is 287 g/mol. The summed E-state index contributed by atoms with van der Waals surface area (Å²) in [5.74, 6) is 0.673. The maximum absolute atomic E-state index is 12.2. The Bertz CT molecular complexity index is 538. The molecule has 2 N–H and O–H groups in total. The molecule has 108 valence electrons. The minimum absolute atomic E-state index is 0.0321. The zero-order chi connectivity index (χ0) is 14.0. The van der Waals surface area contributed by atoms with Crippen molar-refractivity contribution in [3.63, 3.8) is 0 Å². The average Bonchev–Trinajstić information content (AvgIpc) is 2.74. The second kappa shape index (κ2) is 5.60. The molecule has 1 heterocycles. The molecule has 19 heavy (non-hydrogen) atoms. The van der Waals surface area contributed by atoms with E-state index in [4.69, 9.17) is 0 Å². The van der Waals surface area contributed by atoms with Crippen molar-refractivity contribution in [3.05, 3.63) is 12.0 Å². The summed E-state index contributed by atoms with van der Waals surface area (Å²) in [5.41, 5.74) is 0. The van der Waals surface area contributed by atoms with E-state index < -0.39 is 22.2 Å². The molecule has 0 bridgehead atoms. The molecular formula is C12H21N3O3S. The molecule has 0 saturated heterocycles. The molecule has 0 aliphatic heterocycles. The van der Waals surface area contributed by atoms with Gasteiger partial charge in [-0.25, -0.2) is 18.1 Å². The van der Waals surface area contributed by atoms with Crippen LogP contribution in [0.5, 0.6) is 0 Å². The summed E-state index contributed by atoms with van der Waals surface area (Å²) in [4.78, 5) is 4.07. The number of hydrogen-bond acceptors (Lipinski definition) is 4. The number of aromatic nitrogens is 2. The Morgan fingerprint density at radius 2 is 2.16 bits per heavy atom. The van der Waals surface area contributed by atoms with Gasteiger partial charge in [-0.15, -0.1) is 0 Å². The predicted molar refractivity (Wildman–Crippen MR) is 71.2 cm³/mol. The average molecular weight is 287 g/mol. The van der Waals surface area contributed by atoms with Gasteiger partial charge in [-0.3, -0.25) is 0 Å². The topological polar surface area (TPSA) is 84.2 Å². The molecule has 7 heteroatoms. The number of imidazole rings is 1. The Hall–Kier alpha value is -0.920. The largest absolute Gasteiger partial charge is 0.391 e. The van der Waals surface area contributed by atoms with Crippen molar-refractivity contribution in [1.82, 2.24) is 14.3 Å². The van der Waals surface area contributed by atoms with Crippen LogP contribution in [0.15, 0.2) is 11.2 Å². The number of hydrogen-bond donors (Lipinski definition) is 2. The quantitative estimate of drug-likeness (QED) is 0.857. The van der Waals surface area contributed by atoms with Gasteiger partial charge in [0.05, 0.1) is 6.10 Å². The van der Waals surface area contributed by atoms with E-state index in [2.05, 4.69) is 9.71 Å². The third-order valence-corrected chi connectivity index (χ3v) is 4.97. The molecule has 1 aromatic rings. The Morgan fingerprint density at radius 1 is 1.47 bits per heavy atom. The van der Waals surface area contributed by atoms with Crippen LogP contribution in [0.2, 0.25) is 0 Å². The molecule has 1 aliphatic carbocycles. The second-order valence-corrected chi connectivity index (χ2v) is 6.65. The Morgan fingerprint density at radius 3 is 2.74 bits per heavy atom. The highest BCUT2D eigenvalue weighted by Gasteiger charge is 2.29. The molecule has 1 saturated carbocycles. The first-order valence-electron chi connectivity index (χ1n) is 6.68. The van der Waals surface area contributed by atoms with Crippen molar-refractivity contribution in [1.29, 1.82) is 0 Å². The van der Waals surface area contributed by atoms with E-state index in [-0.39, 0.29) is 5.03 Å². The van der Waals surface area contributed by atoms with E-state index in [0.29, 0.717) is 25.2 Å². The Labute approximate surface area is 113 Å². The fourth-order valence-electron chi connectivity index (χ4n) is 2.44. The van der Waals surface area contributed by atoms with Crippen LogP contribution in [0.3, 0.4) is 0 Å². The number of rotatable bonds is 4. The third-order valence-electron chi connectivity index (χ3n) is 3.61.